The Kier molecular flexibility index (Phi) is 7.02. The van der Waals surface area contributed by atoms with Gasteiger partial charge in [-0.15, -0.1) is 11.3 Å². The van der Waals surface area contributed by atoms with Gasteiger partial charge in [-0.25, -0.2) is 4.79 Å². The minimum absolute atomic E-state index is 0.351. The van der Waals surface area contributed by atoms with Crippen molar-refractivity contribution in [2.75, 3.05) is 30.8 Å². The summed E-state index contributed by atoms with van der Waals surface area (Å²) in [6.45, 7) is 10.9. The monoisotopic (exact) mass is 312 g/mol. The summed E-state index contributed by atoms with van der Waals surface area (Å²) in [6, 6.07) is 1.90. The predicted octanol–water partition coefficient (Wildman–Crippen LogP) is 4.02. The Balaban J connectivity index is 2.88. The first-order chi connectivity index (χ1) is 9.85. The predicted molar refractivity (Wildman–Crippen MR) is 91.2 cm³/mol. The van der Waals surface area contributed by atoms with Gasteiger partial charge in [-0.1, -0.05) is 27.7 Å². The number of nitrogens with two attached hydrogens (primary N) is 1. The lowest BCUT2D eigenvalue weighted by Crippen LogP contribution is -2.26. The number of rotatable bonds is 8. The Morgan fingerprint density at radius 3 is 2.19 bits per heavy atom. The van der Waals surface area contributed by atoms with E-state index in [0.717, 1.165) is 30.9 Å². The molecule has 0 spiro atoms. The molecular formula is C16H28N2O2S. The fourth-order valence-corrected chi connectivity index (χ4v) is 3.01. The van der Waals surface area contributed by atoms with Crippen molar-refractivity contribution in [1.82, 2.24) is 0 Å². The molecule has 120 valence electrons. The van der Waals surface area contributed by atoms with E-state index in [1.54, 1.807) is 0 Å². The summed E-state index contributed by atoms with van der Waals surface area (Å²) >= 11 is 1.43. The number of methoxy groups -OCH3 is 1. The van der Waals surface area contributed by atoms with Crippen molar-refractivity contribution in [3.05, 3.63) is 10.9 Å². The first kappa shape index (κ1) is 17.8. The lowest BCUT2D eigenvalue weighted by Gasteiger charge is -2.24. The van der Waals surface area contributed by atoms with Crippen LogP contribution in [0.15, 0.2) is 6.07 Å². The molecule has 0 fully saturated rings. The van der Waals surface area contributed by atoms with E-state index in [4.69, 9.17) is 10.5 Å². The van der Waals surface area contributed by atoms with Crippen LogP contribution in [0.2, 0.25) is 0 Å². The SMILES string of the molecule is COC(=O)c1sc(N(CCC(C)C)CCC(C)C)cc1N. The molecule has 0 aliphatic carbocycles. The van der Waals surface area contributed by atoms with Crippen molar-refractivity contribution in [3.8, 4) is 0 Å². The summed E-state index contributed by atoms with van der Waals surface area (Å²) in [7, 11) is 1.39. The van der Waals surface area contributed by atoms with Gasteiger partial charge in [-0.3, -0.25) is 0 Å². The third kappa shape index (κ3) is 5.58. The van der Waals surface area contributed by atoms with Gasteiger partial charge in [-0.05, 0) is 30.7 Å². The third-order valence-electron chi connectivity index (χ3n) is 3.38. The zero-order valence-electron chi connectivity index (χ0n) is 13.8. The fraction of sp³-hybridized carbons (Fsp3) is 0.688. The van der Waals surface area contributed by atoms with Gasteiger partial charge in [0.25, 0.3) is 0 Å². The summed E-state index contributed by atoms with van der Waals surface area (Å²) in [4.78, 5) is 14.5. The molecular weight excluding hydrogens is 284 g/mol. The second kappa shape index (κ2) is 8.27. The largest absolute Gasteiger partial charge is 0.465 e. The maximum Gasteiger partial charge on any atom is 0.350 e. The molecule has 0 aliphatic heterocycles. The molecule has 0 bridgehead atoms. The molecule has 0 aromatic carbocycles. The van der Waals surface area contributed by atoms with Gasteiger partial charge in [0.1, 0.15) is 4.88 Å². The van der Waals surface area contributed by atoms with Gasteiger partial charge >= 0.3 is 5.97 Å². The van der Waals surface area contributed by atoms with E-state index in [2.05, 4.69) is 32.6 Å². The number of carbonyl (C=O) groups excluding carboxylic acids is 1. The molecule has 21 heavy (non-hydrogen) atoms. The number of anilines is 2. The molecule has 0 radical (unpaired) electrons. The van der Waals surface area contributed by atoms with Crippen molar-refractivity contribution in [3.63, 3.8) is 0 Å². The van der Waals surface area contributed by atoms with Crippen LogP contribution in [0.5, 0.6) is 0 Å². The van der Waals surface area contributed by atoms with E-state index >= 15 is 0 Å². The Morgan fingerprint density at radius 2 is 1.76 bits per heavy atom. The highest BCUT2D eigenvalue weighted by atomic mass is 32.1. The number of hydrogen-bond donors (Lipinski definition) is 1. The number of nitrogen functional groups attached to an aromatic ring is 1. The molecule has 0 saturated heterocycles. The maximum absolute atomic E-state index is 11.7. The smallest absolute Gasteiger partial charge is 0.350 e. The topological polar surface area (TPSA) is 55.6 Å². The number of esters is 1. The van der Waals surface area contributed by atoms with Crippen LogP contribution in [0.25, 0.3) is 0 Å². The van der Waals surface area contributed by atoms with Crippen LogP contribution in [-0.2, 0) is 4.74 Å². The number of carbonyl (C=O) groups is 1. The van der Waals surface area contributed by atoms with Gasteiger partial charge < -0.3 is 15.4 Å². The molecule has 1 heterocycles. The van der Waals surface area contributed by atoms with E-state index in [1.807, 2.05) is 6.07 Å². The lowest BCUT2D eigenvalue weighted by atomic mass is 10.1. The van der Waals surface area contributed by atoms with E-state index in [9.17, 15) is 4.79 Å². The average molecular weight is 312 g/mol. The molecule has 0 atom stereocenters. The van der Waals surface area contributed by atoms with Crippen LogP contribution in [-0.4, -0.2) is 26.2 Å². The van der Waals surface area contributed by atoms with Crippen LogP contribution in [0.4, 0.5) is 10.7 Å². The number of hydrogen-bond acceptors (Lipinski definition) is 5. The van der Waals surface area contributed by atoms with E-state index in [0.29, 0.717) is 22.4 Å². The van der Waals surface area contributed by atoms with E-state index in [-0.39, 0.29) is 5.97 Å². The summed E-state index contributed by atoms with van der Waals surface area (Å²) in [5, 5.41) is 1.06. The van der Waals surface area contributed by atoms with Crippen LogP contribution in [0.1, 0.15) is 50.2 Å². The highest BCUT2D eigenvalue weighted by Gasteiger charge is 2.18. The van der Waals surface area contributed by atoms with Gasteiger partial charge in [0.2, 0.25) is 0 Å². The fourth-order valence-electron chi connectivity index (χ4n) is 1.96. The highest BCUT2D eigenvalue weighted by molar-refractivity contribution is 7.18. The molecule has 0 unspecified atom stereocenters. The summed E-state index contributed by atoms with van der Waals surface area (Å²) in [5.74, 6) is 0.962. The van der Waals surface area contributed by atoms with E-state index in [1.165, 1.54) is 18.4 Å². The molecule has 4 nitrogen and oxygen atoms in total. The van der Waals surface area contributed by atoms with Crippen molar-refractivity contribution < 1.29 is 9.53 Å². The number of nitrogens with zero attached hydrogens (tertiary/aromatic N) is 1. The van der Waals surface area contributed by atoms with Crippen LogP contribution < -0.4 is 10.6 Å². The second-order valence-electron chi connectivity index (χ2n) is 6.21. The van der Waals surface area contributed by atoms with Crippen LogP contribution in [0, 0.1) is 11.8 Å². The molecule has 1 aromatic rings. The second-order valence-corrected chi connectivity index (χ2v) is 7.24. The average Bonchev–Trinajstić information content (AvgIpc) is 2.79. The minimum atomic E-state index is -0.351. The summed E-state index contributed by atoms with van der Waals surface area (Å²) in [5.41, 5.74) is 6.47. The first-order valence-corrected chi connectivity index (χ1v) is 8.39. The van der Waals surface area contributed by atoms with Crippen molar-refractivity contribution in [1.29, 1.82) is 0 Å². The van der Waals surface area contributed by atoms with Gasteiger partial charge in [0, 0.05) is 13.1 Å². The van der Waals surface area contributed by atoms with Crippen molar-refractivity contribution in [2.24, 2.45) is 11.8 Å². The number of thiophene rings is 1. The van der Waals surface area contributed by atoms with E-state index < -0.39 is 0 Å². The lowest BCUT2D eigenvalue weighted by molar-refractivity contribution is 0.0607. The number of ether oxygens (including phenoxy) is 1. The molecule has 1 aromatic heterocycles. The molecule has 2 N–H and O–H groups in total. The summed E-state index contributed by atoms with van der Waals surface area (Å²) < 4.78 is 4.78. The molecule has 0 aliphatic rings. The maximum atomic E-state index is 11.7. The third-order valence-corrected chi connectivity index (χ3v) is 4.57. The van der Waals surface area contributed by atoms with Crippen molar-refractivity contribution in [2.45, 2.75) is 40.5 Å². The Bertz CT molecular complexity index is 443. The zero-order chi connectivity index (χ0) is 16.0. The molecule has 0 amide bonds. The van der Waals surface area contributed by atoms with Gasteiger partial charge in [-0.2, -0.15) is 0 Å². The Hall–Kier alpha value is -1.23. The normalized spacial score (nSPS) is 11.2. The Labute approximate surface area is 132 Å². The van der Waals surface area contributed by atoms with Crippen LogP contribution in [0.3, 0.4) is 0 Å². The zero-order valence-corrected chi connectivity index (χ0v) is 14.6. The first-order valence-electron chi connectivity index (χ1n) is 7.57. The van der Waals surface area contributed by atoms with Gasteiger partial charge in [0.05, 0.1) is 17.8 Å². The van der Waals surface area contributed by atoms with Crippen LogP contribution >= 0.6 is 11.3 Å². The minimum Gasteiger partial charge on any atom is -0.465 e. The highest BCUT2D eigenvalue weighted by Crippen LogP contribution is 2.33. The Morgan fingerprint density at radius 1 is 1.24 bits per heavy atom. The molecule has 0 saturated carbocycles. The molecule has 5 heteroatoms. The van der Waals surface area contributed by atoms with Crippen molar-refractivity contribution >= 4 is 28.0 Å². The molecule has 1 rings (SSSR count). The quantitative estimate of drug-likeness (QED) is 0.737. The summed E-state index contributed by atoms with van der Waals surface area (Å²) in [6.07, 6.45) is 2.26. The standard InChI is InChI=1S/C16H28N2O2S/c1-11(2)6-8-18(9-7-12(3)4)14-10-13(17)15(21-14)16(19)20-5/h10-12H,6-9,17H2,1-5H3. The van der Waals surface area contributed by atoms with Gasteiger partial charge in [0.15, 0.2) is 0 Å².